The van der Waals surface area contributed by atoms with Crippen LogP contribution < -0.4 is 9.47 Å². The van der Waals surface area contributed by atoms with Crippen molar-refractivity contribution in [2.45, 2.75) is 65.5 Å². The van der Waals surface area contributed by atoms with Gasteiger partial charge in [-0.3, -0.25) is 4.90 Å². The lowest BCUT2D eigenvalue weighted by Crippen LogP contribution is -2.62. The summed E-state index contributed by atoms with van der Waals surface area (Å²) in [4.78, 5) is 2.42. The number of likely N-dealkylation sites (tertiary alicyclic amines) is 1. The van der Waals surface area contributed by atoms with Crippen LogP contribution in [0.4, 0.5) is 0 Å². The van der Waals surface area contributed by atoms with Crippen LogP contribution >= 0.6 is 0 Å². The van der Waals surface area contributed by atoms with Crippen LogP contribution in [0.3, 0.4) is 0 Å². The van der Waals surface area contributed by atoms with Gasteiger partial charge >= 0.3 is 0 Å². The van der Waals surface area contributed by atoms with E-state index in [0.29, 0.717) is 6.61 Å². The molecule has 0 spiro atoms. The van der Waals surface area contributed by atoms with Crippen LogP contribution in [-0.4, -0.2) is 50.6 Å². The molecule has 0 aliphatic carbocycles. The number of piperidine rings is 1. The van der Waals surface area contributed by atoms with Gasteiger partial charge in [-0.15, -0.1) is 0 Å². The summed E-state index contributed by atoms with van der Waals surface area (Å²) in [7, 11) is 5.09. The van der Waals surface area contributed by atoms with Gasteiger partial charge in [-0.2, -0.15) is 0 Å². The molecule has 1 aromatic carbocycles. The second kappa shape index (κ2) is 8.15. The number of nitrogens with zero attached hydrogens (tertiary/aromatic N) is 1. The molecule has 1 heterocycles. The number of rotatable bonds is 6. The van der Waals surface area contributed by atoms with Crippen LogP contribution in [0.15, 0.2) is 18.2 Å². The Kier molecular flexibility index (Phi) is 6.59. The van der Waals surface area contributed by atoms with Gasteiger partial charge in [0.2, 0.25) is 0 Å². The van der Waals surface area contributed by atoms with Gasteiger partial charge in [0.25, 0.3) is 0 Å². The van der Waals surface area contributed by atoms with Crippen LogP contribution in [0.5, 0.6) is 11.5 Å². The third-order valence-corrected chi connectivity index (χ3v) is 5.16. The molecule has 26 heavy (non-hydrogen) atoms. The van der Waals surface area contributed by atoms with Gasteiger partial charge in [-0.25, -0.2) is 0 Å². The largest absolute Gasteiger partial charge is 0.493 e. The molecule has 0 radical (unpaired) electrons. The molecule has 1 aromatic rings. The third kappa shape index (κ3) is 4.70. The van der Waals surface area contributed by atoms with Gasteiger partial charge in [-0.05, 0) is 44.9 Å². The summed E-state index contributed by atoms with van der Waals surface area (Å²) >= 11 is 0. The minimum Gasteiger partial charge on any atom is -0.493 e. The fraction of sp³-hybridized carbons (Fsp3) is 0.714. The summed E-state index contributed by atoms with van der Waals surface area (Å²) in [6.45, 7) is 12.6. The second-order valence-corrected chi connectivity index (χ2v) is 8.73. The molecule has 5 nitrogen and oxygen atoms in total. The van der Waals surface area contributed by atoms with Crippen molar-refractivity contribution in [2.24, 2.45) is 5.41 Å². The van der Waals surface area contributed by atoms with E-state index in [1.165, 1.54) is 0 Å². The molecule has 2 atom stereocenters. The molecule has 0 bridgehead atoms. The van der Waals surface area contributed by atoms with E-state index in [2.05, 4.69) is 39.5 Å². The molecule has 0 amide bonds. The van der Waals surface area contributed by atoms with Crippen molar-refractivity contribution in [3.8, 4) is 11.5 Å². The number of benzene rings is 1. The molecule has 2 rings (SSSR count). The maximum Gasteiger partial charge on any atom is 0.161 e. The maximum absolute atomic E-state index is 6.46. The Labute approximate surface area is 158 Å². The minimum atomic E-state index is -0.0111. The molecule has 1 fully saturated rings. The zero-order chi connectivity index (χ0) is 19.5. The first kappa shape index (κ1) is 21.0. The van der Waals surface area contributed by atoms with Crippen LogP contribution in [0.1, 0.15) is 46.6 Å². The SMILES string of the molecule is COc1ccc(CO[C@@H]2N(C(C)(C)C)C[C@@H](OC)CC2(C)C)cc1OC. The fourth-order valence-electron chi connectivity index (χ4n) is 3.73. The predicted molar refractivity (Wildman–Crippen MR) is 104 cm³/mol. The quantitative estimate of drug-likeness (QED) is 0.759. The molecule has 0 saturated carbocycles. The van der Waals surface area contributed by atoms with Crippen molar-refractivity contribution >= 4 is 0 Å². The zero-order valence-electron chi connectivity index (χ0n) is 17.6. The topological polar surface area (TPSA) is 40.2 Å². The van der Waals surface area contributed by atoms with E-state index >= 15 is 0 Å². The van der Waals surface area contributed by atoms with E-state index < -0.39 is 0 Å². The van der Waals surface area contributed by atoms with Crippen LogP contribution in [0.2, 0.25) is 0 Å². The Morgan fingerprint density at radius 1 is 1.08 bits per heavy atom. The van der Waals surface area contributed by atoms with E-state index in [4.69, 9.17) is 18.9 Å². The molecule has 1 aliphatic heterocycles. The Balaban J connectivity index is 2.19. The standard InChI is InChI=1S/C21H35NO4/c1-20(2,3)22-13-16(23-6)12-21(4,5)19(22)26-14-15-9-10-17(24-7)18(11-15)25-8/h9-11,16,19H,12-14H2,1-8H3/t16-,19-/m0/s1. The van der Waals surface area contributed by atoms with Gasteiger partial charge in [0, 0.05) is 24.6 Å². The summed E-state index contributed by atoms with van der Waals surface area (Å²) in [6.07, 6.45) is 1.22. The third-order valence-electron chi connectivity index (χ3n) is 5.16. The summed E-state index contributed by atoms with van der Waals surface area (Å²) < 4.78 is 22.9. The van der Waals surface area contributed by atoms with Crippen molar-refractivity contribution in [1.82, 2.24) is 4.90 Å². The molecule has 148 valence electrons. The Hall–Kier alpha value is -1.30. The first-order valence-corrected chi connectivity index (χ1v) is 9.24. The smallest absolute Gasteiger partial charge is 0.161 e. The highest BCUT2D eigenvalue weighted by molar-refractivity contribution is 5.42. The highest BCUT2D eigenvalue weighted by Gasteiger charge is 2.46. The average molecular weight is 366 g/mol. The summed E-state index contributed by atoms with van der Waals surface area (Å²) in [6, 6.07) is 5.93. The fourth-order valence-corrected chi connectivity index (χ4v) is 3.73. The average Bonchev–Trinajstić information content (AvgIpc) is 2.58. The number of methoxy groups -OCH3 is 3. The van der Waals surface area contributed by atoms with E-state index in [1.54, 1.807) is 21.3 Å². The normalized spacial score (nSPS) is 23.7. The second-order valence-electron chi connectivity index (χ2n) is 8.73. The van der Waals surface area contributed by atoms with Crippen molar-refractivity contribution in [3.63, 3.8) is 0 Å². The number of hydrogen-bond donors (Lipinski definition) is 0. The van der Waals surface area contributed by atoms with Gasteiger partial charge in [-0.1, -0.05) is 19.9 Å². The lowest BCUT2D eigenvalue weighted by molar-refractivity contribution is -0.206. The van der Waals surface area contributed by atoms with Crippen LogP contribution in [0.25, 0.3) is 0 Å². The lowest BCUT2D eigenvalue weighted by atomic mass is 9.78. The monoisotopic (exact) mass is 365 g/mol. The minimum absolute atomic E-state index is 0.00324. The summed E-state index contributed by atoms with van der Waals surface area (Å²) in [5.41, 5.74) is 1.06. The predicted octanol–water partition coefficient (Wildman–Crippen LogP) is 4.09. The van der Waals surface area contributed by atoms with Crippen LogP contribution in [0, 0.1) is 5.41 Å². The van der Waals surface area contributed by atoms with Gasteiger partial charge in [0.05, 0.1) is 26.9 Å². The van der Waals surface area contributed by atoms with E-state index in [0.717, 1.165) is 30.0 Å². The van der Waals surface area contributed by atoms with Gasteiger partial charge in [0.1, 0.15) is 6.23 Å². The molecule has 5 heteroatoms. The number of ether oxygens (including phenoxy) is 4. The van der Waals surface area contributed by atoms with Gasteiger partial charge in [0.15, 0.2) is 11.5 Å². The summed E-state index contributed by atoms with van der Waals surface area (Å²) in [5, 5.41) is 0. The van der Waals surface area contributed by atoms with Crippen molar-refractivity contribution < 1.29 is 18.9 Å². The van der Waals surface area contributed by atoms with Crippen molar-refractivity contribution in [2.75, 3.05) is 27.9 Å². The van der Waals surface area contributed by atoms with Crippen molar-refractivity contribution in [1.29, 1.82) is 0 Å². The number of hydrogen-bond acceptors (Lipinski definition) is 5. The highest BCUT2D eigenvalue weighted by atomic mass is 16.5. The molecular formula is C21H35NO4. The molecule has 0 N–H and O–H groups in total. The van der Waals surface area contributed by atoms with E-state index in [9.17, 15) is 0 Å². The van der Waals surface area contributed by atoms with E-state index in [1.807, 2.05) is 18.2 Å². The molecule has 0 aromatic heterocycles. The molecular weight excluding hydrogens is 330 g/mol. The van der Waals surface area contributed by atoms with E-state index in [-0.39, 0.29) is 23.3 Å². The molecule has 1 saturated heterocycles. The first-order chi connectivity index (χ1) is 12.1. The summed E-state index contributed by atoms with van der Waals surface area (Å²) in [5.74, 6) is 1.46. The van der Waals surface area contributed by atoms with Crippen LogP contribution in [-0.2, 0) is 16.1 Å². The highest BCUT2D eigenvalue weighted by Crippen LogP contribution is 2.40. The Bertz CT molecular complexity index is 594. The Morgan fingerprint density at radius 3 is 2.27 bits per heavy atom. The molecule has 0 unspecified atom stereocenters. The Morgan fingerprint density at radius 2 is 1.73 bits per heavy atom. The molecule has 1 aliphatic rings. The zero-order valence-corrected chi connectivity index (χ0v) is 17.6. The lowest BCUT2D eigenvalue weighted by Gasteiger charge is -2.53. The van der Waals surface area contributed by atoms with Gasteiger partial charge < -0.3 is 18.9 Å². The first-order valence-electron chi connectivity index (χ1n) is 9.24. The maximum atomic E-state index is 6.46. The van der Waals surface area contributed by atoms with Crippen molar-refractivity contribution in [3.05, 3.63) is 23.8 Å².